The van der Waals surface area contributed by atoms with Crippen molar-refractivity contribution in [3.8, 4) is 5.75 Å². The minimum atomic E-state index is -0.412. The highest BCUT2D eigenvalue weighted by Crippen LogP contribution is 2.27. The van der Waals surface area contributed by atoms with Crippen molar-refractivity contribution in [1.29, 1.82) is 0 Å². The molecule has 0 aliphatic carbocycles. The first-order valence-electron chi connectivity index (χ1n) is 4.29. The van der Waals surface area contributed by atoms with E-state index in [2.05, 4.69) is 14.1 Å². The largest absolute Gasteiger partial charge is 0.497 e. The molecular weight excluding hydrogens is 253 g/mol. The topological polar surface area (TPSA) is 47.0 Å². The number of anilines is 2. The van der Waals surface area contributed by atoms with Crippen LogP contribution in [0.4, 0.5) is 15.9 Å². The fraction of sp³-hybridized carbons (Fsp3) is 0.111. The Morgan fingerprint density at radius 2 is 2.25 bits per heavy atom. The van der Waals surface area contributed by atoms with Crippen LogP contribution < -0.4 is 10.1 Å². The van der Waals surface area contributed by atoms with Crippen molar-refractivity contribution in [2.24, 2.45) is 0 Å². The Morgan fingerprint density at radius 3 is 2.88 bits per heavy atom. The predicted molar refractivity (Wildman–Crippen MR) is 61.2 cm³/mol. The third-order valence-electron chi connectivity index (χ3n) is 1.88. The Labute approximate surface area is 100 Å². The third-order valence-corrected chi connectivity index (χ3v) is 2.77. The highest BCUT2D eigenvalue weighted by atomic mass is 35.5. The molecule has 1 N–H and O–H groups in total. The van der Waals surface area contributed by atoms with E-state index in [0.717, 1.165) is 11.7 Å². The first kappa shape index (κ1) is 11.1. The summed E-state index contributed by atoms with van der Waals surface area (Å²) in [6.07, 6.45) is 0. The Balaban J connectivity index is 2.30. The van der Waals surface area contributed by atoms with E-state index in [1.165, 1.54) is 25.3 Å². The van der Waals surface area contributed by atoms with Crippen LogP contribution >= 0.6 is 23.3 Å². The molecule has 1 aromatic carbocycles. The molecule has 0 fully saturated rings. The molecule has 0 saturated heterocycles. The molecule has 1 heterocycles. The summed E-state index contributed by atoms with van der Waals surface area (Å²) in [5, 5.41) is 2.96. The molecule has 0 aliphatic heterocycles. The number of rotatable bonds is 3. The molecule has 1 aromatic heterocycles. The van der Waals surface area contributed by atoms with Crippen LogP contribution in [0.2, 0.25) is 5.15 Å². The van der Waals surface area contributed by atoms with E-state index in [0.29, 0.717) is 11.6 Å². The number of aromatic nitrogens is 2. The molecule has 84 valence electrons. The normalized spacial score (nSPS) is 10.2. The van der Waals surface area contributed by atoms with E-state index >= 15 is 0 Å². The van der Waals surface area contributed by atoms with Crippen LogP contribution in [-0.4, -0.2) is 15.9 Å². The van der Waals surface area contributed by atoms with Crippen molar-refractivity contribution in [1.82, 2.24) is 8.75 Å². The molecule has 2 aromatic rings. The number of hydrogen-bond donors (Lipinski definition) is 1. The van der Waals surface area contributed by atoms with Crippen LogP contribution in [0.15, 0.2) is 18.2 Å². The Morgan fingerprint density at radius 1 is 1.44 bits per heavy atom. The molecule has 2 rings (SSSR count). The van der Waals surface area contributed by atoms with Crippen molar-refractivity contribution >= 4 is 34.8 Å². The van der Waals surface area contributed by atoms with Crippen molar-refractivity contribution in [3.05, 3.63) is 29.2 Å². The number of hydrogen-bond acceptors (Lipinski definition) is 5. The zero-order chi connectivity index (χ0) is 11.5. The number of methoxy groups -OCH3 is 1. The fourth-order valence-corrected chi connectivity index (χ4v) is 1.75. The molecule has 0 bridgehead atoms. The summed E-state index contributed by atoms with van der Waals surface area (Å²) in [6.45, 7) is 0. The zero-order valence-corrected chi connectivity index (χ0v) is 9.77. The molecule has 0 unspecified atom stereocenters. The van der Waals surface area contributed by atoms with Gasteiger partial charge < -0.3 is 10.1 Å². The zero-order valence-electron chi connectivity index (χ0n) is 8.20. The van der Waals surface area contributed by atoms with Gasteiger partial charge in [-0.2, -0.15) is 8.75 Å². The molecular formula is C9H7ClFN3OS. The van der Waals surface area contributed by atoms with Crippen molar-refractivity contribution < 1.29 is 9.13 Å². The summed E-state index contributed by atoms with van der Waals surface area (Å²) in [7, 11) is 1.51. The monoisotopic (exact) mass is 259 g/mol. The molecule has 0 aliphatic rings. The predicted octanol–water partition coefficient (Wildman–Crippen LogP) is 3.08. The first-order valence-corrected chi connectivity index (χ1v) is 5.40. The molecule has 7 heteroatoms. The van der Waals surface area contributed by atoms with Gasteiger partial charge in [-0.25, -0.2) is 4.39 Å². The van der Waals surface area contributed by atoms with Gasteiger partial charge in [0, 0.05) is 6.07 Å². The number of halogens is 2. The minimum absolute atomic E-state index is 0.215. The van der Waals surface area contributed by atoms with Gasteiger partial charge in [0.2, 0.25) is 0 Å². The van der Waals surface area contributed by atoms with Gasteiger partial charge in [-0.05, 0) is 12.1 Å². The van der Waals surface area contributed by atoms with Crippen LogP contribution in [0.25, 0.3) is 0 Å². The third kappa shape index (κ3) is 2.23. The van der Waals surface area contributed by atoms with Crippen molar-refractivity contribution in [2.45, 2.75) is 0 Å². The van der Waals surface area contributed by atoms with Crippen LogP contribution in [0.3, 0.4) is 0 Å². The lowest BCUT2D eigenvalue weighted by atomic mass is 10.3. The van der Waals surface area contributed by atoms with E-state index in [1.54, 1.807) is 0 Å². The summed E-state index contributed by atoms with van der Waals surface area (Å²) in [4.78, 5) is 0. The summed E-state index contributed by atoms with van der Waals surface area (Å²) in [5.74, 6) is 0.465. The molecule has 4 nitrogen and oxygen atoms in total. The molecule has 0 saturated carbocycles. The van der Waals surface area contributed by atoms with Gasteiger partial charge in [-0.3, -0.25) is 0 Å². The maximum Gasteiger partial charge on any atom is 0.187 e. The van der Waals surface area contributed by atoms with Crippen LogP contribution in [0.1, 0.15) is 0 Å². The quantitative estimate of drug-likeness (QED) is 0.920. The van der Waals surface area contributed by atoms with E-state index < -0.39 is 5.82 Å². The summed E-state index contributed by atoms with van der Waals surface area (Å²) in [5.41, 5.74) is 0.244. The van der Waals surface area contributed by atoms with Crippen LogP contribution in [-0.2, 0) is 0 Å². The molecule has 0 amide bonds. The standard InChI is InChI=1S/C9H7ClFN3OS/c1-15-5-2-3-6(11)7(4-5)12-9-8(10)13-16-14-9/h2-4H,1H3,(H,12,14). The lowest BCUT2D eigenvalue weighted by Gasteiger charge is -2.06. The SMILES string of the molecule is COc1ccc(F)c(Nc2nsnc2Cl)c1. The van der Waals surface area contributed by atoms with Gasteiger partial charge in [-0.1, -0.05) is 11.6 Å². The molecule has 0 radical (unpaired) electrons. The highest BCUT2D eigenvalue weighted by molar-refractivity contribution is 6.99. The highest BCUT2D eigenvalue weighted by Gasteiger charge is 2.09. The van der Waals surface area contributed by atoms with Gasteiger partial charge in [-0.15, -0.1) is 0 Å². The maximum atomic E-state index is 13.4. The second kappa shape index (κ2) is 4.63. The molecule has 0 atom stereocenters. The first-order chi connectivity index (χ1) is 7.70. The van der Waals surface area contributed by atoms with E-state index in [1.807, 2.05) is 0 Å². The smallest absolute Gasteiger partial charge is 0.187 e. The van der Waals surface area contributed by atoms with Gasteiger partial charge >= 0.3 is 0 Å². The van der Waals surface area contributed by atoms with Gasteiger partial charge in [0.05, 0.1) is 24.5 Å². The Bertz CT molecular complexity index is 505. The van der Waals surface area contributed by atoms with E-state index in [9.17, 15) is 4.39 Å². The number of nitrogens with zero attached hydrogens (tertiary/aromatic N) is 2. The second-order valence-corrected chi connectivity index (χ2v) is 3.76. The van der Waals surface area contributed by atoms with Crippen LogP contribution in [0, 0.1) is 5.82 Å². The average molecular weight is 260 g/mol. The van der Waals surface area contributed by atoms with Crippen LogP contribution in [0.5, 0.6) is 5.75 Å². The molecule has 16 heavy (non-hydrogen) atoms. The summed E-state index contributed by atoms with van der Waals surface area (Å²) >= 11 is 6.69. The number of benzene rings is 1. The summed E-state index contributed by atoms with van der Waals surface area (Å²) in [6, 6.07) is 4.35. The minimum Gasteiger partial charge on any atom is -0.497 e. The van der Waals surface area contributed by atoms with Crippen molar-refractivity contribution in [3.63, 3.8) is 0 Å². The fourth-order valence-electron chi connectivity index (χ4n) is 1.11. The van der Waals surface area contributed by atoms with E-state index in [4.69, 9.17) is 16.3 Å². The second-order valence-electron chi connectivity index (χ2n) is 2.87. The lowest BCUT2D eigenvalue weighted by Crippen LogP contribution is -1.95. The van der Waals surface area contributed by atoms with Crippen molar-refractivity contribution in [2.75, 3.05) is 12.4 Å². The Kier molecular flexibility index (Phi) is 3.21. The number of ether oxygens (including phenoxy) is 1. The lowest BCUT2D eigenvalue weighted by molar-refractivity contribution is 0.414. The van der Waals surface area contributed by atoms with Gasteiger partial charge in [0.25, 0.3) is 0 Å². The molecule has 0 spiro atoms. The maximum absolute atomic E-state index is 13.4. The summed E-state index contributed by atoms with van der Waals surface area (Å²) < 4.78 is 26.1. The number of nitrogens with one attached hydrogen (secondary N) is 1. The van der Waals surface area contributed by atoms with Gasteiger partial charge in [0.1, 0.15) is 11.6 Å². The average Bonchev–Trinajstić information content (AvgIpc) is 2.68. The van der Waals surface area contributed by atoms with Gasteiger partial charge in [0.15, 0.2) is 11.0 Å². The van der Waals surface area contributed by atoms with E-state index in [-0.39, 0.29) is 10.8 Å². The Hall–Kier alpha value is -1.40.